The SMILES string of the molecule is CNC(=O)CCC(CO)NC(=O)C(CC1CCCCC1)OC(N)=O. The Morgan fingerprint density at radius 1 is 1.25 bits per heavy atom. The van der Waals surface area contributed by atoms with Gasteiger partial charge in [0, 0.05) is 13.5 Å². The Morgan fingerprint density at radius 2 is 1.92 bits per heavy atom. The molecule has 8 heteroatoms. The number of nitrogens with two attached hydrogens (primary N) is 1. The van der Waals surface area contributed by atoms with E-state index in [4.69, 9.17) is 10.5 Å². The molecule has 1 fully saturated rings. The van der Waals surface area contributed by atoms with Gasteiger partial charge < -0.3 is 26.2 Å². The van der Waals surface area contributed by atoms with Gasteiger partial charge in [-0.1, -0.05) is 32.1 Å². The summed E-state index contributed by atoms with van der Waals surface area (Å²) in [6.07, 6.45) is 4.40. The number of aliphatic hydroxyl groups is 1. The maximum Gasteiger partial charge on any atom is 0.405 e. The highest BCUT2D eigenvalue weighted by Gasteiger charge is 2.28. The van der Waals surface area contributed by atoms with Crippen LogP contribution in [0.1, 0.15) is 51.4 Å². The van der Waals surface area contributed by atoms with Gasteiger partial charge in [-0.05, 0) is 18.8 Å². The molecule has 1 aliphatic rings. The highest BCUT2D eigenvalue weighted by molar-refractivity contribution is 5.83. The summed E-state index contributed by atoms with van der Waals surface area (Å²) in [5, 5.41) is 14.5. The van der Waals surface area contributed by atoms with Crippen molar-refractivity contribution in [1.82, 2.24) is 10.6 Å². The van der Waals surface area contributed by atoms with E-state index in [1.165, 1.54) is 13.5 Å². The monoisotopic (exact) mass is 343 g/mol. The molecule has 8 nitrogen and oxygen atoms in total. The summed E-state index contributed by atoms with van der Waals surface area (Å²) in [5.41, 5.74) is 5.07. The van der Waals surface area contributed by atoms with Gasteiger partial charge in [-0.15, -0.1) is 0 Å². The number of primary amides is 1. The average molecular weight is 343 g/mol. The fourth-order valence-corrected chi connectivity index (χ4v) is 3.01. The van der Waals surface area contributed by atoms with Gasteiger partial charge in [0.2, 0.25) is 5.91 Å². The number of ether oxygens (including phenoxy) is 1. The van der Waals surface area contributed by atoms with Crippen molar-refractivity contribution in [3.8, 4) is 0 Å². The molecule has 0 spiro atoms. The fourth-order valence-electron chi connectivity index (χ4n) is 3.01. The zero-order valence-corrected chi connectivity index (χ0v) is 14.3. The molecular weight excluding hydrogens is 314 g/mol. The van der Waals surface area contributed by atoms with Gasteiger partial charge in [0.15, 0.2) is 6.10 Å². The highest BCUT2D eigenvalue weighted by Crippen LogP contribution is 2.28. The topological polar surface area (TPSA) is 131 Å². The molecule has 1 saturated carbocycles. The van der Waals surface area contributed by atoms with Crippen LogP contribution in [0.4, 0.5) is 4.79 Å². The second kappa shape index (κ2) is 10.9. The van der Waals surface area contributed by atoms with Crippen molar-refractivity contribution in [1.29, 1.82) is 0 Å². The molecule has 24 heavy (non-hydrogen) atoms. The number of carbonyl (C=O) groups is 3. The van der Waals surface area contributed by atoms with E-state index in [-0.39, 0.29) is 18.9 Å². The summed E-state index contributed by atoms with van der Waals surface area (Å²) in [6, 6.07) is -0.569. The van der Waals surface area contributed by atoms with E-state index in [1.807, 2.05) is 0 Å². The maximum absolute atomic E-state index is 12.4. The number of carbonyl (C=O) groups excluding carboxylic acids is 3. The lowest BCUT2D eigenvalue weighted by Crippen LogP contribution is -2.46. The van der Waals surface area contributed by atoms with Gasteiger partial charge in [-0.2, -0.15) is 0 Å². The van der Waals surface area contributed by atoms with Gasteiger partial charge in [-0.3, -0.25) is 9.59 Å². The van der Waals surface area contributed by atoms with Gasteiger partial charge in [0.25, 0.3) is 5.91 Å². The second-order valence-electron chi connectivity index (χ2n) is 6.27. The van der Waals surface area contributed by atoms with Crippen LogP contribution in [-0.2, 0) is 14.3 Å². The fraction of sp³-hybridized carbons (Fsp3) is 0.812. The molecule has 3 amide bonds. The third-order valence-electron chi connectivity index (χ3n) is 4.39. The first-order chi connectivity index (χ1) is 11.5. The Balaban J connectivity index is 2.57. The Kier molecular flexibility index (Phi) is 9.14. The molecule has 138 valence electrons. The minimum absolute atomic E-state index is 0.171. The Morgan fingerprint density at radius 3 is 2.46 bits per heavy atom. The van der Waals surface area contributed by atoms with Crippen molar-refractivity contribution in [2.75, 3.05) is 13.7 Å². The molecule has 2 unspecified atom stereocenters. The molecule has 0 aromatic carbocycles. The van der Waals surface area contributed by atoms with Crippen molar-refractivity contribution >= 4 is 17.9 Å². The van der Waals surface area contributed by atoms with Crippen LogP contribution in [0.25, 0.3) is 0 Å². The summed E-state index contributed by atoms with van der Waals surface area (Å²) in [6.45, 7) is -0.296. The van der Waals surface area contributed by atoms with Crippen LogP contribution in [0.5, 0.6) is 0 Å². The largest absolute Gasteiger partial charge is 0.436 e. The molecule has 0 aromatic rings. The molecule has 1 rings (SSSR count). The first kappa shape index (κ1) is 20.2. The Hall–Kier alpha value is -1.83. The van der Waals surface area contributed by atoms with Gasteiger partial charge in [0.1, 0.15) is 0 Å². The lowest BCUT2D eigenvalue weighted by Gasteiger charge is -2.26. The van der Waals surface area contributed by atoms with Crippen molar-refractivity contribution in [3.63, 3.8) is 0 Å². The molecule has 0 heterocycles. The van der Waals surface area contributed by atoms with Crippen molar-refractivity contribution in [2.45, 2.75) is 63.5 Å². The van der Waals surface area contributed by atoms with E-state index in [0.29, 0.717) is 18.8 Å². The normalized spacial score (nSPS) is 17.6. The number of hydrogen-bond donors (Lipinski definition) is 4. The summed E-state index contributed by atoms with van der Waals surface area (Å²) in [4.78, 5) is 34.7. The van der Waals surface area contributed by atoms with Crippen LogP contribution < -0.4 is 16.4 Å². The molecule has 0 aliphatic heterocycles. The van der Waals surface area contributed by atoms with E-state index in [0.717, 1.165) is 25.7 Å². The molecule has 0 bridgehead atoms. The lowest BCUT2D eigenvalue weighted by molar-refractivity contribution is -0.132. The van der Waals surface area contributed by atoms with Gasteiger partial charge >= 0.3 is 6.09 Å². The van der Waals surface area contributed by atoms with Crippen molar-refractivity contribution in [2.24, 2.45) is 11.7 Å². The van der Waals surface area contributed by atoms with E-state index >= 15 is 0 Å². The summed E-state index contributed by atoms with van der Waals surface area (Å²) in [7, 11) is 1.52. The quantitative estimate of drug-likeness (QED) is 0.482. The van der Waals surface area contributed by atoms with Crippen LogP contribution in [0, 0.1) is 5.92 Å². The highest BCUT2D eigenvalue weighted by atomic mass is 16.6. The van der Waals surface area contributed by atoms with E-state index in [9.17, 15) is 19.5 Å². The third kappa shape index (κ3) is 7.63. The molecule has 5 N–H and O–H groups in total. The van der Waals surface area contributed by atoms with Gasteiger partial charge in [-0.25, -0.2) is 4.79 Å². The Labute approximate surface area is 142 Å². The van der Waals surface area contributed by atoms with Crippen LogP contribution in [0.3, 0.4) is 0 Å². The summed E-state index contributed by atoms with van der Waals surface area (Å²) < 4.78 is 4.97. The Bertz CT molecular complexity index is 424. The zero-order chi connectivity index (χ0) is 17.9. The predicted molar refractivity (Wildman–Crippen MR) is 88.0 cm³/mol. The van der Waals surface area contributed by atoms with Crippen LogP contribution in [-0.4, -0.2) is 48.8 Å². The maximum atomic E-state index is 12.4. The molecule has 0 radical (unpaired) electrons. The first-order valence-corrected chi connectivity index (χ1v) is 8.54. The third-order valence-corrected chi connectivity index (χ3v) is 4.39. The lowest BCUT2D eigenvalue weighted by atomic mass is 9.85. The van der Waals surface area contributed by atoms with E-state index in [1.54, 1.807) is 0 Å². The van der Waals surface area contributed by atoms with E-state index < -0.39 is 24.1 Å². The minimum atomic E-state index is -0.989. The summed E-state index contributed by atoms with van der Waals surface area (Å²) >= 11 is 0. The van der Waals surface area contributed by atoms with Crippen molar-refractivity contribution in [3.05, 3.63) is 0 Å². The smallest absolute Gasteiger partial charge is 0.405 e. The number of amides is 3. The molecule has 0 saturated heterocycles. The standard InChI is InChI=1S/C16H29N3O5/c1-18-14(21)8-7-12(10-20)19-15(22)13(24-16(17)23)9-11-5-3-2-4-6-11/h11-13,20H,2-10H2,1H3,(H2,17,23)(H,18,21)(H,19,22). The number of hydrogen-bond acceptors (Lipinski definition) is 5. The zero-order valence-electron chi connectivity index (χ0n) is 14.3. The van der Waals surface area contributed by atoms with Gasteiger partial charge in [0.05, 0.1) is 12.6 Å². The number of nitrogens with one attached hydrogen (secondary N) is 2. The number of aliphatic hydroxyl groups excluding tert-OH is 1. The second-order valence-corrected chi connectivity index (χ2v) is 6.27. The van der Waals surface area contributed by atoms with Crippen LogP contribution >= 0.6 is 0 Å². The van der Waals surface area contributed by atoms with Crippen LogP contribution in [0.2, 0.25) is 0 Å². The predicted octanol–water partition coefficient (Wildman–Crippen LogP) is 0.424. The van der Waals surface area contributed by atoms with E-state index in [2.05, 4.69) is 10.6 Å². The summed E-state index contributed by atoms with van der Waals surface area (Å²) in [5.74, 6) is -0.322. The molecular formula is C16H29N3O5. The molecule has 1 aliphatic carbocycles. The molecule has 0 aromatic heterocycles. The average Bonchev–Trinajstić information content (AvgIpc) is 2.57. The first-order valence-electron chi connectivity index (χ1n) is 8.54. The number of rotatable bonds is 9. The minimum Gasteiger partial charge on any atom is -0.436 e. The molecule has 2 atom stereocenters. The van der Waals surface area contributed by atoms with Crippen LogP contribution in [0.15, 0.2) is 0 Å². The van der Waals surface area contributed by atoms with Crippen molar-refractivity contribution < 1.29 is 24.2 Å².